The molecule has 0 bridgehead atoms. The molecule has 0 spiro atoms. The summed E-state index contributed by atoms with van der Waals surface area (Å²) in [5.74, 6) is 1.60. The van der Waals surface area contributed by atoms with Crippen molar-refractivity contribution in [2.45, 2.75) is 12.3 Å². The number of nitrogens with zero attached hydrogens (tertiary/aromatic N) is 3. The molecule has 22 heavy (non-hydrogen) atoms. The molecule has 0 atom stereocenters. The molecule has 2 N–H and O–H groups in total. The van der Waals surface area contributed by atoms with Crippen LogP contribution in [0.25, 0.3) is 5.69 Å². The Morgan fingerprint density at radius 1 is 1.23 bits per heavy atom. The lowest BCUT2D eigenvalue weighted by Gasteiger charge is -2.04. The standard InChI is InChI=1S/C16H16N4OS/c17-16(18-11-15-3-1-10-21-15)22-12-13-4-6-14(7-5-13)20-9-2-8-19-20/h1-10H,11-12H2,(H2,17,18). The van der Waals surface area contributed by atoms with E-state index in [-0.39, 0.29) is 0 Å². The van der Waals surface area contributed by atoms with Crippen LogP contribution in [0.5, 0.6) is 0 Å². The van der Waals surface area contributed by atoms with Gasteiger partial charge in [-0.1, -0.05) is 23.9 Å². The predicted molar refractivity (Wildman–Crippen MR) is 88.9 cm³/mol. The Hall–Kier alpha value is -2.47. The molecular formula is C16H16N4OS. The van der Waals surface area contributed by atoms with Crippen molar-refractivity contribution in [1.29, 1.82) is 0 Å². The number of hydrogen-bond acceptors (Lipinski definition) is 4. The van der Waals surface area contributed by atoms with Crippen LogP contribution in [0.15, 0.2) is 70.5 Å². The molecule has 0 saturated carbocycles. The Balaban J connectivity index is 1.54. The molecule has 5 nitrogen and oxygen atoms in total. The van der Waals surface area contributed by atoms with Crippen LogP contribution in [0.3, 0.4) is 0 Å². The van der Waals surface area contributed by atoms with Crippen LogP contribution in [0, 0.1) is 0 Å². The van der Waals surface area contributed by atoms with E-state index in [2.05, 4.69) is 22.2 Å². The van der Waals surface area contributed by atoms with Gasteiger partial charge in [-0.25, -0.2) is 4.68 Å². The van der Waals surface area contributed by atoms with Crippen LogP contribution in [0.1, 0.15) is 11.3 Å². The van der Waals surface area contributed by atoms with E-state index in [0.29, 0.717) is 11.7 Å². The second-order valence-electron chi connectivity index (χ2n) is 4.64. The topological polar surface area (TPSA) is 69.3 Å². The second-order valence-corrected chi connectivity index (χ2v) is 5.64. The van der Waals surface area contributed by atoms with Gasteiger partial charge in [-0.2, -0.15) is 5.10 Å². The highest BCUT2D eigenvalue weighted by atomic mass is 32.2. The minimum Gasteiger partial charge on any atom is -0.467 e. The lowest BCUT2D eigenvalue weighted by atomic mass is 10.2. The average Bonchev–Trinajstić information content (AvgIpc) is 3.24. The van der Waals surface area contributed by atoms with E-state index in [9.17, 15) is 0 Å². The van der Waals surface area contributed by atoms with Gasteiger partial charge in [0.2, 0.25) is 0 Å². The Bertz CT molecular complexity index is 718. The summed E-state index contributed by atoms with van der Waals surface area (Å²) in [4.78, 5) is 4.29. The van der Waals surface area contributed by atoms with E-state index in [1.807, 2.05) is 41.2 Å². The molecule has 0 aliphatic carbocycles. The molecule has 0 saturated heterocycles. The summed E-state index contributed by atoms with van der Waals surface area (Å²) >= 11 is 1.52. The van der Waals surface area contributed by atoms with Gasteiger partial charge in [0.05, 0.1) is 18.5 Å². The zero-order valence-corrected chi connectivity index (χ0v) is 12.7. The zero-order chi connectivity index (χ0) is 15.2. The van der Waals surface area contributed by atoms with Crippen molar-refractivity contribution < 1.29 is 4.42 Å². The highest BCUT2D eigenvalue weighted by Crippen LogP contribution is 2.15. The number of amidine groups is 1. The number of aliphatic imine (C=N–C) groups is 1. The van der Waals surface area contributed by atoms with Crippen LogP contribution in [-0.2, 0) is 12.3 Å². The molecule has 3 rings (SSSR count). The monoisotopic (exact) mass is 312 g/mol. The van der Waals surface area contributed by atoms with Gasteiger partial charge in [-0.3, -0.25) is 4.99 Å². The third-order valence-electron chi connectivity index (χ3n) is 3.06. The van der Waals surface area contributed by atoms with Crippen LogP contribution < -0.4 is 5.73 Å². The maximum absolute atomic E-state index is 5.90. The summed E-state index contributed by atoms with van der Waals surface area (Å²) in [7, 11) is 0. The van der Waals surface area contributed by atoms with E-state index in [1.54, 1.807) is 12.5 Å². The van der Waals surface area contributed by atoms with Crippen molar-refractivity contribution in [2.75, 3.05) is 0 Å². The van der Waals surface area contributed by atoms with Gasteiger partial charge in [0, 0.05) is 18.1 Å². The van der Waals surface area contributed by atoms with Crippen molar-refractivity contribution in [1.82, 2.24) is 9.78 Å². The van der Waals surface area contributed by atoms with E-state index in [1.165, 1.54) is 17.3 Å². The molecule has 3 aromatic rings. The number of aromatic nitrogens is 2. The molecule has 0 radical (unpaired) electrons. The van der Waals surface area contributed by atoms with E-state index in [0.717, 1.165) is 17.2 Å². The fourth-order valence-electron chi connectivity index (χ4n) is 1.93. The van der Waals surface area contributed by atoms with Gasteiger partial charge < -0.3 is 10.2 Å². The van der Waals surface area contributed by atoms with Gasteiger partial charge in [-0.05, 0) is 35.9 Å². The number of furan rings is 1. The molecule has 0 amide bonds. The van der Waals surface area contributed by atoms with Gasteiger partial charge >= 0.3 is 0 Å². The fourth-order valence-corrected chi connectivity index (χ4v) is 2.59. The molecular weight excluding hydrogens is 296 g/mol. The first-order chi connectivity index (χ1) is 10.8. The highest BCUT2D eigenvalue weighted by molar-refractivity contribution is 8.13. The number of hydrogen-bond donors (Lipinski definition) is 1. The molecule has 0 fully saturated rings. The number of benzene rings is 1. The smallest absolute Gasteiger partial charge is 0.154 e. The van der Waals surface area contributed by atoms with Crippen LogP contribution in [-0.4, -0.2) is 14.9 Å². The normalized spacial score (nSPS) is 11.7. The highest BCUT2D eigenvalue weighted by Gasteiger charge is 2.00. The first-order valence-corrected chi connectivity index (χ1v) is 7.84. The minimum absolute atomic E-state index is 0.476. The van der Waals surface area contributed by atoms with Crippen molar-refractivity contribution in [3.63, 3.8) is 0 Å². The lowest BCUT2D eigenvalue weighted by Crippen LogP contribution is -2.07. The first-order valence-electron chi connectivity index (χ1n) is 6.85. The van der Waals surface area contributed by atoms with Crippen LogP contribution in [0.4, 0.5) is 0 Å². The second kappa shape index (κ2) is 7.00. The largest absolute Gasteiger partial charge is 0.467 e. The average molecular weight is 312 g/mol. The Labute approximate surface area is 132 Å². The van der Waals surface area contributed by atoms with Gasteiger partial charge in [0.1, 0.15) is 5.76 Å². The maximum Gasteiger partial charge on any atom is 0.154 e. The Kier molecular flexibility index (Phi) is 4.60. The molecule has 112 valence electrons. The van der Waals surface area contributed by atoms with Crippen molar-refractivity contribution in [2.24, 2.45) is 10.7 Å². The van der Waals surface area contributed by atoms with E-state index >= 15 is 0 Å². The summed E-state index contributed by atoms with van der Waals surface area (Å²) in [6.07, 6.45) is 5.32. The van der Waals surface area contributed by atoms with Crippen molar-refractivity contribution in [3.8, 4) is 5.69 Å². The molecule has 1 aromatic carbocycles. The fraction of sp³-hybridized carbons (Fsp3) is 0.125. The summed E-state index contributed by atoms with van der Waals surface area (Å²) in [5.41, 5.74) is 8.13. The van der Waals surface area contributed by atoms with E-state index < -0.39 is 0 Å². The van der Waals surface area contributed by atoms with Gasteiger partial charge in [0.15, 0.2) is 5.17 Å². The molecule has 6 heteroatoms. The quantitative estimate of drug-likeness (QED) is 0.580. The summed E-state index contributed by atoms with van der Waals surface area (Å²) in [6, 6.07) is 13.9. The van der Waals surface area contributed by atoms with Crippen LogP contribution >= 0.6 is 11.8 Å². The predicted octanol–water partition coefficient (Wildman–Crippen LogP) is 3.21. The molecule has 0 unspecified atom stereocenters. The summed E-state index contributed by atoms with van der Waals surface area (Å²) < 4.78 is 7.04. The third-order valence-corrected chi connectivity index (χ3v) is 3.97. The van der Waals surface area contributed by atoms with Gasteiger partial charge in [-0.15, -0.1) is 0 Å². The maximum atomic E-state index is 5.90. The number of nitrogens with two attached hydrogens (primary N) is 1. The number of rotatable bonds is 5. The Morgan fingerprint density at radius 2 is 2.09 bits per heavy atom. The summed E-state index contributed by atoms with van der Waals surface area (Å²) in [6.45, 7) is 0.476. The van der Waals surface area contributed by atoms with Crippen LogP contribution in [0.2, 0.25) is 0 Å². The lowest BCUT2D eigenvalue weighted by molar-refractivity contribution is 0.513. The third kappa shape index (κ3) is 3.79. The van der Waals surface area contributed by atoms with Crippen molar-refractivity contribution >= 4 is 16.9 Å². The summed E-state index contributed by atoms with van der Waals surface area (Å²) in [5, 5.41) is 4.77. The molecule has 0 aliphatic rings. The zero-order valence-electron chi connectivity index (χ0n) is 11.9. The SMILES string of the molecule is NC(=NCc1ccco1)SCc1ccc(-n2cccn2)cc1. The first kappa shape index (κ1) is 14.5. The Morgan fingerprint density at radius 3 is 2.77 bits per heavy atom. The minimum atomic E-state index is 0.476. The number of thioether (sulfide) groups is 1. The molecule has 2 aromatic heterocycles. The van der Waals surface area contributed by atoms with Crippen molar-refractivity contribution in [3.05, 3.63) is 72.4 Å². The van der Waals surface area contributed by atoms with E-state index in [4.69, 9.17) is 10.2 Å². The molecule has 0 aliphatic heterocycles. The molecule has 2 heterocycles. The van der Waals surface area contributed by atoms with Gasteiger partial charge in [0.25, 0.3) is 0 Å².